The van der Waals surface area contributed by atoms with Gasteiger partial charge in [-0.3, -0.25) is 4.79 Å². The second kappa shape index (κ2) is 4.76. The minimum Gasteiger partial charge on any atom is -0.505 e. The van der Waals surface area contributed by atoms with Crippen LogP contribution < -0.4 is 5.73 Å². The summed E-state index contributed by atoms with van der Waals surface area (Å²) in [4.78, 5) is 14.5. The fourth-order valence-corrected chi connectivity index (χ4v) is 2.37. The van der Waals surface area contributed by atoms with Crippen LogP contribution in [0.5, 0.6) is 5.75 Å². The molecular weight excluding hydrogens is 240 g/mol. The van der Waals surface area contributed by atoms with Gasteiger partial charge in [0.1, 0.15) is 0 Å². The highest BCUT2D eigenvalue weighted by Gasteiger charge is 2.32. The summed E-state index contributed by atoms with van der Waals surface area (Å²) in [6.07, 6.45) is 4.88. The zero-order valence-electron chi connectivity index (χ0n) is 11.0. The average molecular weight is 260 g/mol. The van der Waals surface area contributed by atoms with Gasteiger partial charge in [-0.25, -0.2) is 0 Å². The van der Waals surface area contributed by atoms with Gasteiger partial charge in [0.15, 0.2) is 5.75 Å². The summed E-state index contributed by atoms with van der Waals surface area (Å²) >= 11 is 0. The number of nitrogens with two attached hydrogens (primary N) is 1. The van der Waals surface area contributed by atoms with E-state index < -0.39 is 0 Å². The third kappa shape index (κ3) is 2.83. The van der Waals surface area contributed by atoms with Gasteiger partial charge < -0.3 is 15.7 Å². The lowest BCUT2D eigenvalue weighted by molar-refractivity contribution is 0.0736. The van der Waals surface area contributed by atoms with E-state index in [2.05, 4.69) is 0 Å². The molecule has 102 valence electrons. The third-order valence-electron chi connectivity index (χ3n) is 3.94. The number of para-hydroxylation sites is 1. The Morgan fingerprint density at radius 2 is 1.79 bits per heavy atom. The smallest absolute Gasteiger partial charge is 0.257 e. The van der Waals surface area contributed by atoms with Crippen molar-refractivity contribution in [2.75, 3.05) is 18.8 Å². The van der Waals surface area contributed by atoms with Gasteiger partial charge in [0.25, 0.3) is 5.91 Å². The van der Waals surface area contributed by atoms with Crippen molar-refractivity contribution in [3.05, 3.63) is 23.8 Å². The highest BCUT2D eigenvalue weighted by molar-refractivity contribution is 5.98. The van der Waals surface area contributed by atoms with E-state index in [-0.39, 0.29) is 17.3 Å². The van der Waals surface area contributed by atoms with E-state index in [1.807, 2.05) is 4.90 Å². The fraction of sp³-hybridized carbons (Fsp3) is 0.533. The van der Waals surface area contributed by atoms with Gasteiger partial charge in [-0.15, -0.1) is 0 Å². The Kier molecular flexibility index (Phi) is 3.09. The molecule has 1 aromatic carbocycles. The van der Waals surface area contributed by atoms with Crippen LogP contribution >= 0.6 is 0 Å². The minimum atomic E-state index is -0.0800. The molecule has 0 unspecified atom stereocenters. The molecule has 0 heterocycles. The normalized spacial score (nSPS) is 18.3. The van der Waals surface area contributed by atoms with Gasteiger partial charge in [-0.1, -0.05) is 6.07 Å². The Hall–Kier alpha value is -1.71. The summed E-state index contributed by atoms with van der Waals surface area (Å²) in [6, 6.07) is 4.98. The Balaban J connectivity index is 1.79. The molecule has 3 rings (SSSR count). The van der Waals surface area contributed by atoms with Crippen molar-refractivity contribution in [2.45, 2.75) is 25.7 Å². The Labute approximate surface area is 113 Å². The van der Waals surface area contributed by atoms with Gasteiger partial charge in [0.2, 0.25) is 0 Å². The molecule has 0 atom stereocenters. The van der Waals surface area contributed by atoms with Crippen LogP contribution in [-0.2, 0) is 0 Å². The van der Waals surface area contributed by atoms with Crippen molar-refractivity contribution in [2.24, 2.45) is 11.8 Å². The maximum atomic E-state index is 12.6. The molecule has 0 spiro atoms. The Bertz CT molecular complexity index is 479. The van der Waals surface area contributed by atoms with Crippen LogP contribution in [0.3, 0.4) is 0 Å². The number of aromatic hydroxyl groups is 1. The number of rotatable bonds is 5. The second-order valence-corrected chi connectivity index (χ2v) is 5.84. The van der Waals surface area contributed by atoms with Crippen LogP contribution in [0.4, 0.5) is 5.69 Å². The number of carbonyl (C=O) groups is 1. The van der Waals surface area contributed by atoms with Gasteiger partial charge in [-0.05, 0) is 49.7 Å². The lowest BCUT2D eigenvalue weighted by atomic mass is 10.1. The van der Waals surface area contributed by atoms with Crippen molar-refractivity contribution in [1.82, 2.24) is 4.90 Å². The first kappa shape index (κ1) is 12.3. The zero-order valence-corrected chi connectivity index (χ0v) is 11.0. The SMILES string of the molecule is Nc1cccc(C(=O)N(CC2CC2)CC2CC2)c1O. The van der Waals surface area contributed by atoms with Crippen molar-refractivity contribution in [3.63, 3.8) is 0 Å². The topological polar surface area (TPSA) is 66.6 Å². The Morgan fingerprint density at radius 1 is 1.21 bits per heavy atom. The molecule has 2 aliphatic rings. The molecule has 0 saturated heterocycles. The van der Waals surface area contributed by atoms with E-state index in [0.717, 1.165) is 13.1 Å². The number of nitrogen functional groups attached to an aromatic ring is 1. The summed E-state index contributed by atoms with van der Waals surface area (Å²) in [5.41, 5.74) is 6.27. The van der Waals surface area contributed by atoms with Gasteiger partial charge in [0, 0.05) is 13.1 Å². The molecule has 3 N–H and O–H groups in total. The average Bonchev–Trinajstić information content (AvgIpc) is 3.26. The molecule has 2 fully saturated rings. The van der Waals surface area contributed by atoms with Gasteiger partial charge >= 0.3 is 0 Å². The predicted molar refractivity (Wildman–Crippen MR) is 73.9 cm³/mol. The first-order chi connectivity index (χ1) is 9.15. The first-order valence-electron chi connectivity index (χ1n) is 7.02. The molecule has 0 aliphatic heterocycles. The van der Waals surface area contributed by atoms with E-state index in [1.54, 1.807) is 18.2 Å². The van der Waals surface area contributed by atoms with Gasteiger partial charge in [-0.2, -0.15) is 0 Å². The fourth-order valence-electron chi connectivity index (χ4n) is 2.37. The molecular formula is C15H20N2O2. The van der Waals surface area contributed by atoms with Crippen LogP contribution in [0.2, 0.25) is 0 Å². The molecule has 0 radical (unpaired) electrons. The number of anilines is 1. The maximum absolute atomic E-state index is 12.6. The third-order valence-corrected chi connectivity index (χ3v) is 3.94. The van der Waals surface area contributed by atoms with Crippen LogP contribution in [0.15, 0.2) is 18.2 Å². The van der Waals surface area contributed by atoms with Crippen LogP contribution in [0.25, 0.3) is 0 Å². The largest absolute Gasteiger partial charge is 0.505 e. The predicted octanol–water partition coefficient (Wildman–Crippen LogP) is 2.24. The molecule has 1 amide bonds. The molecule has 1 aromatic rings. The van der Waals surface area contributed by atoms with E-state index in [4.69, 9.17) is 5.73 Å². The molecule has 4 nitrogen and oxygen atoms in total. The summed E-state index contributed by atoms with van der Waals surface area (Å²) in [7, 11) is 0. The number of hydrogen-bond donors (Lipinski definition) is 2. The van der Waals surface area contributed by atoms with E-state index in [9.17, 15) is 9.90 Å². The molecule has 2 aliphatic carbocycles. The van der Waals surface area contributed by atoms with Gasteiger partial charge in [0.05, 0.1) is 11.3 Å². The molecule has 19 heavy (non-hydrogen) atoms. The number of hydrogen-bond acceptors (Lipinski definition) is 3. The number of amides is 1. The van der Waals surface area contributed by atoms with E-state index >= 15 is 0 Å². The van der Waals surface area contributed by atoms with Crippen molar-refractivity contribution >= 4 is 11.6 Å². The van der Waals surface area contributed by atoms with Crippen LogP contribution in [0, 0.1) is 11.8 Å². The maximum Gasteiger partial charge on any atom is 0.257 e. The number of phenolic OH excluding ortho intramolecular Hbond substituents is 1. The standard InChI is InChI=1S/C15H20N2O2/c16-13-3-1-2-12(14(13)18)15(19)17(8-10-4-5-10)9-11-6-7-11/h1-3,10-11,18H,4-9,16H2. The number of carbonyl (C=O) groups excluding carboxylic acids is 1. The summed E-state index contributed by atoms with van der Waals surface area (Å²) in [5.74, 6) is 1.16. The van der Waals surface area contributed by atoms with E-state index in [1.165, 1.54) is 25.7 Å². The summed E-state index contributed by atoms with van der Waals surface area (Å²) in [6.45, 7) is 1.65. The van der Waals surface area contributed by atoms with E-state index in [0.29, 0.717) is 17.4 Å². The number of nitrogens with zero attached hydrogens (tertiary/aromatic N) is 1. The molecule has 4 heteroatoms. The van der Waals surface area contributed by atoms with Crippen LogP contribution in [0.1, 0.15) is 36.0 Å². The Morgan fingerprint density at radius 3 is 2.32 bits per heavy atom. The lowest BCUT2D eigenvalue weighted by Gasteiger charge is -2.23. The highest BCUT2D eigenvalue weighted by atomic mass is 16.3. The van der Waals surface area contributed by atoms with Crippen molar-refractivity contribution < 1.29 is 9.90 Å². The molecule has 2 saturated carbocycles. The van der Waals surface area contributed by atoms with Crippen molar-refractivity contribution in [1.29, 1.82) is 0 Å². The monoisotopic (exact) mass is 260 g/mol. The number of phenols is 1. The first-order valence-corrected chi connectivity index (χ1v) is 7.02. The summed E-state index contributed by atoms with van der Waals surface area (Å²) < 4.78 is 0. The lowest BCUT2D eigenvalue weighted by Crippen LogP contribution is -2.34. The quantitative estimate of drug-likeness (QED) is 0.630. The summed E-state index contributed by atoms with van der Waals surface area (Å²) in [5, 5.41) is 9.94. The number of benzene rings is 1. The molecule has 0 aromatic heterocycles. The second-order valence-electron chi connectivity index (χ2n) is 5.84. The highest BCUT2D eigenvalue weighted by Crippen LogP contribution is 2.35. The minimum absolute atomic E-state index is 0.0795. The van der Waals surface area contributed by atoms with Crippen molar-refractivity contribution in [3.8, 4) is 5.75 Å². The zero-order chi connectivity index (χ0) is 13.4. The van der Waals surface area contributed by atoms with Crippen LogP contribution in [-0.4, -0.2) is 29.0 Å². The molecule has 0 bridgehead atoms.